The minimum Gasteiger partial charge on any atom is -0.508 e. The van der Waals surface area contributed by atoms with Gasteiger partial charge in [0.25, 0.3) is 11.5 Å². The molecule has 10 rings (SSSR count). The molecule has 5 aliphatic heterocycles. The van der Waals surface area contributed by atoms with Crippen LogP contribution in [-0.2, 0) is 59.1 Å². The number of amidine groups is 1. The maximum Gasteiger partial charge on any atom is 0.411 e. The Labute approximate surface area is 451 Å². The van der Waals surface area contributed by atoms with E-state index in [1.165, 1.54) is 27.4 Å². The van der Waals surface area contributed by atoms with E-state index >= 15 is 0 Å². The zero-order valence-electron chi connectivity index (χ0n) is 44.6. The highest BCUT2D eigenvalue weighted by atomic mass is 32.2. The first-order chi connectivity index (χ1) is 37.3. The standard InChI is InChI=1S/C57H64N8O12S/c1-7-33-29-59-51(41-26-39(32(5)6)47(67)28-48(41)68)65(50(33)52(69)58-10-4)35-11-14-37(15-12-35)78(74,75)63-19-17-34(18-20-63)53(70)61-21-23-62(24-22-61)56(73)77-57(9-3)44-27-46-49-42(30-64(46)54(71)43(44)31-76-55(57)72)38(8-2)40-25-36(66)13-16-45(40)60-49/h11-16,25-28,32,34,66-68H,7-10,17-24,29-31H2,1-6H3,(H,58,69). The number of esters is 1. The Bertz CT molecular complexity index is 3540. The number of phenols is 3. The molecule has 5 aromatic rings. The molecule has 5 aliphatic rings. The van der Waals surface area contributed by atoms with Crippen molar-refractivity contribution >= 4 is 56.3 Å². The smallest absolute Gasteiger partial charge is 0.411 e. The number of nitrogens with zero attached hydrogens (tertiary/aromatic N) is 7. The van der Waals surface area contributed by atoms with Gasteiger partial charge in [-0.05, 0) is 116 Å². The fourth-order valence-electron chi connectivity index (χ4n) is 11.6. The third-order valence-corrected chi connectivity index (χ3v) is 17.8. The minimum atomic E-state index is -4.04. The predicted molar refractivity (Wildman–Crippen MR) is 290 cm³/mol. The normalized spacial score (nSPS) is 18.9. The number of piperazine rings is 1. The van der Waals surface area contributed by atoms with Crippen LogP contribution in [0.15, 0.2) is 86.6 Å². The summed E-state index contributed by atoms with van der Waals surface area (Å²) in [6.45, 7) is 12.4. The predicted octanol–water partition coefficient (Wildman–Crippen LogP) is 6.34. The van der Waals surface area contributed by atoms with E-state index in [1.54, 1.807) is 70.7 Å². The first-order valence-electron chi connectivity index (χ1n) is 26.7. The lowest BCUT2D eigenvalue weighted by Gasteiger charge is -2.40. The summed E-state index contributed by atoms with van der Waals surface area (Å²) in [4.78, 5) is 84.4. The van der Waals surface area contributed by atoms with Crippen molar-refractivity contribution in [2.24, 2.45) is 10.9 Å². The fraction of sp³-hybridized carbons (Fsp3) is 0.421. The number of hydrogen-bond donors (Lipinski definition) is 4. The van der Waals surface area contributed by atoms with E-state index < -0.39 is 33.6 Å². The van der Waals surface area contributed by atoms with Crippen molar-refractivity contribution in [2.75, 3.05) is 57.3 Å². The SMILES string of the molecule is CCNC(=O)C1=C(CC)CN=C(c2cc(C(C)C)c(O)cc2O)N1c1ccc(S(=O)(=O)N2CCC(C(=O)N3CCN(C(=O)OC4(CC)C(=O)OCc5c4cc4n(c5=O)Cc5c-4nc4ccc(O)cc4c5CC)CC3)CC2)cc1. The topological polar surface area (TPSA) is 254 Å². The molecule has 0 spiro atoms. The second-order valence-electron chi connectivity index (χ2n) is 20.6. The Kier molecular flexibility index (Phi) is 14.3. The van der Waals surface area contributed by atoms with Gasteiger partial charge < -0.3 is 44.5 Å². The molecule has 3 aromatic carbocycles. The Hall–Kier alpha value is -7.78. The molecule has 0 radical (unpaired) electrons. The number of anilines is 1. The highest BCUT2D eigenvalue weighted by Crippen LogP contribution is 2.44. The summed E-state index contributed by atoms with van der Waals surface area (Å²) < 4.78 is 43.1. The zero-order valence-corrected chi connectivity index (χ0v) is 45.4. The van der Waals surface area contributed by atoms with Crippen LogP contribution >= 0.6 is 0 Å². The molecule has 20 nitrogen and oxygen atoms in total. The van der Waals surface area contributed by atoms with Crippen LogP contribution in [0.1, 0.15) is 107 Å². The number of fused-ring (bicyclic) bond motifs is 5. The summed E-state index contributed by atoms with van der Waals surface area (Å²) in [5.74, 6) is -1.84. The molecule has 78 heavy (non-hydrogen) atoms. The summed E-state index contributed by atoms with van der Waals surface area (Å²) in [6, 6.07) is 15.7. The van der Waals surface area contributed by atoms with Gasteiger partial charge in [0.2, 0.25) is 21.5 Å². The molecule has 1 atom stereocenters. The summed E-state index contributed by atoms with van der Waals surface area (Å²) in [6.07, 6.45) is 0.825. The molecule has 3 amide bonds. The van der Waals surface area contributed by atoms with Gasteiger partial charge in [0, 0.05) is 80.0 Å². The summed E-state index contributed by atoms with van der Waals surface area (Å²) in [5, 5.41) is 35.7. The van der Waals surface area contributed by atoms with Gasteiger partial charge in [-0.3, -0.25) is 24.3 Å². The number of phenolic OH excluding ortho intramolecular Hbond substituents is 3. The highest BCUT2D eigenvalue weighted by molar-refractivity contribution is 7.89. The number of aryl methyl sites for hydroxylation is 1. The monoisotopic (exact) mass is 1080 g/mol. The van der Waals surface area contributed by atoms with Gasteiger partial charge in [-0.15, -0.1) is 0 Å². The van der Waals surface area contributed by atoms with Gasteiger partial charge in [0.1, 0.15) is 35.4 Å². The van der Waals surface area contributed by atoms with E-state index in [2.05, 4.69) is 5.32 Å². The van der Waals surface area contributed by atoms with E-state index in [-0.39, 0.29) is 141 Å². The number of piperidine rings is 1. The van der Waals surface area contributed by atoms with Gasteiger partial charge in [-0.1, -0.05) is 34.6 Å². The number of aromatic nitrogens is 2. The fourth-order valence-corrected chi connectivity index (χ4v) is 13.1. The zero-order chi connectivity index (χ0) is 55.5. The minimum absolute atomic E-state index is 0.0126. The van der Waals surface area contributed by atoms with Gasteiger partial charge in [0.05, 0.1) is 46.0 Å². The molecule has 2 aromatic heterocycles. The lowest BCUT2D eigenvalue weighted by molar-refractivity contribution is -0.173. The quantitative estimate of drug-likeness (QED) is 0.0977. The maximum absolute atomic E-state index is 14.2. The highest BCUT2D eigenvalue weighted by Gasteiger charge is 2.51. The van der Waals surface area contributed by atoms with Crippen LogP contribution in [0.3, 0.4) is 0 Å². The first-order valence-corrected chi connectivity index (χ1v) is 28.2. The molecule has 2 fully saturated rings. The number of nitrogens with one attached hydrogen (secondary N) is 1. The molecule has 2 saturated heterocycles. The van der Waals surface area contributed by atoms with E-state index in [9.17, 15) is 47.7 Å². The van der Waals surface area contributed by atoms with Gasteiger partial charge in [-0.25, -0.2) is 23.0 Å². The van der Waals surface area contributed by atoms with E-state index in [1.807, 2.05) is 27.7 Å². The molecule has 1 unspecified atom stereocenters. The van der Waals surface area contributed by atoms with Crippen molar-refractivity contribution in [3.63, 3.8) is 0 Å². The summed E-state index contributed by atoms with van der Waals surface area (Å²) >= 11 is 0. The molecule has 21 heteroatoms. The third kappa shape index (κ3) is 9.08. The van der Waals surface area contributed by atoms with Gasteiger partial charge in [0.15, 0.2) is 0 Å². The lowest BCUT2D eigenvalue weighted by Crippen LogP contribution is -2.55. The van der Waals surface area contributed by atoms with Crippen LogP contribution < -0.4 is 15.8 Å². The molecule has 4 N–H and O–H groups in total. The van der Waals surface area contributed by atoms with Crippen molar-refractivity contribution < 1.29 is 52.4 Å². The lowest BCUT2D eigenvalue weighted by atomic mass is 9.85. The van der Waals surface area contributed by atoms with E-state index in [0.717, 1.165) is 22.1 Å². The van der Waals surface area contributed by atoms with Crippen LogP contribution in [-0.4, -0.2) is 129 Å². The number of sulfonamides is 1. The number of cyclic esters (lactones) is 1. The number of aromatic hydroxyl groups is 3. The maximum atomic E-state index is 14.2. The number of carbonyl (C=O) groups is 4. The third-order valence-electron chi connectivity index (χ3n) is 15.9. The van der Waals surface area contributed by atoms with Crippen molar-refractivity contribution in [2.45, 2.75) is 103 Å². The van der Waals surface area contributed by atoms with Crippen molar-refractivity contribution in [3.8, 4) is 28.6 Å². The molecular weight excluding hydrogens is 1020 g/mol. The van der Waals surface area contributed by atoms with Crippen molar-refractivity contribution in [1.29, 1.82) is 0 Å². The van der Waals surface area contributed by atoms with E-state index in [0.29, 0.717) is 58.8 Å². The number of amides is 3. The average Bonchev–Trinajstić information content (AvgIpc) is 4.03. The van der Waals surface area contributed by atoms with Crippen LogP contribution in [0, 0.1) is 5.92 Å². The summed E-state index contributed by atoms with van der Waals surface area (Å²) in [7, 11) is -4.04. The first kappa shape index (κ1) is 53.6. The number of rotatable bonds is 12. The van der Waals surface area contributed by atoms with E-state index in [4.69, 9.17) is 19.5 Å². The molecule has 410 valence electrons. The number of carbonyl (C=O) groups excluding carboxylic acids is 4. The molecule has 7 heterocycles. The van der Waals surface area contributed by atoms with Crippen LogP contribution in [0.2, 0.25) is 0 Å². The number of pyridine rings is 2. The number of likely N-dealkylation sites (N-methyl/N-ethyl adjacent to an activating group) is 1. The van der Waals surface area contributed by atoms with Gasteiger partial charge in [-0.2, -0.15) is 4.31 Å². The number of aliphatic imine (C=N–C) groups is 1. The summed E-state index contributed by atoms with van der Waals surface area (Å²) in [5.41, 5.74) is 3.95. The molecule has 0 saturated carbocycles. The van der Waals surface area contributed by atoms with Crippen molar-refractivity contribution in [1.82, 2.24) is 29.0 Å². The second-order valence-corrected chi connectivity index (χ2v) is 22.6. The Morgan fingerprint density at radius 2 is 1.56 bits per heavy atom. The van der Waals surface area contributed by atoms with Crippen LogP contribution in [0.5, 0.6) is 17.2 Å². The molecule has 0 bridgehead atoms. The largest absolute Gasteiger partial charge is 0.508 e. The van der Waals surface area contributed by atoms with Gasteiger partial charge >= 0.3 is 12.1 Å². The molecule has 0 aliphatic carbocycles. The number of benzene rings is 3. The number of hydrogen-bond acceptors (Lipinski definition) is 15. The molecular formula is C57H64N8O12S. The Balaban J connectivity index is 0.801. The van der Waals surface area contributed by atoms with Crippen LogP contribution in [0.25, 0.3) is 22.3 Å². The Morgan fingerprint density at radius 1 is 0.859 bits per heavy atom. The van der Waals surface area contributed by atoms with Crippen LogP contribution in [0.4, 0.5) is 10.5 Å². The Morgan fingerprint density at radius 3 is 2.22 bits per heavy atom. The number of ether oxygens (including phenoxy) is 2. The second kappa shape index (κ2) is 20.9. The van der Waals surface area contributed by atoms with Crippen molar-refractivity contribution in [3.05, 3.63) is 116 Å². The average molecular weight is 1090 g/mol.